The van der Waals surface area contributed by atoms with Gasteiger partial charge in [0.1, 0.15) is 0 Å². The maximum absolute atomic E-state index is 3.48. The smallest absolute Gasteiger partial charge is 0.0117 e. The summed E-state index contributed by atoms with van der Waals surface area (Å²) in [7, 11) is 2.11. The van der Waals surface area contributed by atoms with Gasteiger partial charge in [-0.05, 0) is 51.8 Å². The molecule has 0 spiro atoms. The van der Waals surface area contributed by atoms with Crippen molar-refractivity contribution >= 4 is 11.8 Å². The minimum atomic E-state index is 0.721. The Labute approximate surface area is 111 Å². The van der Waals surface area contributed by atoms with Crippen molar-refractivity contribution in [3.63, 3.8) is 0 Å². The first kappa shape index (κ1) is 13.7. The molecule has 0 bridgehead atoms. The second kappa shape index (κ2) is 5.94. The maximum Gasteiger partial charge on any atom is 0.0117 e. The van der Waals surface area contributed by atoms with Crippen molar-refractivity contribution in [3.05, 3.63) is 0 Å². The molecule has 2 rings (SSSR count). The van der Waals surface area contributed by atoms with Crippen LogP contribution in [0.1, 0.15) is 39.5 Å². The molecule has 5 atom stereocenters. The minimum Gasteiger partial charge on any atom is -0.317 e. The van der Waals surface area contributed by atoms with E-state index < -0.39 is 0 Å². The van der Waals surface area contributed by atoms with Gasteiger partial charge in [-0.15, -0.1) is 0 Å². The van der Waals surface area contributed by atoms with Gasteiger partial charge in [-0.25, -0.2) is 0 Å². The fraction of sp³-hybridized carbons (Fsp3) is 1.00. The van der Waals surface area contributed by atoms with Crippen LogP contribution in [0, 0.1) is 5.92 Å². The van der Waals surface area contributed by atoms with Crippen molar-refractivity contribution in [2.24, 2.45) is 5.92 Å². The normalized spacial score (nSPS) is 44.1. The van der Waals surface area contributed by atoms with E-state index in [-0.39, 0.29) is 0 Å². The minimum absolute atomic E-state index is 0.721. The Morgan fingerprint density at radius 2 is 1.94 bits per heavy atom. The van der Waals surface area contributed by atoms with Crippen LogP contribution >= 0.6 is 11.8 Å². The van der Waals surface area contributed by atoms with Crippen molar-refractivity contribution in [1.82, 2.24) is 10.2 Å². The largest absolute Gasteiger partial charge is 0.317 e. The summed E-state index contributed by atoms with van der Waals surface area (Å²) in [4.78, 5) is 2.80. The number of nitrogens with zero attached hydrogens (tertiary/aromatic N) is 1. The number of rotatable bonds is 3. The van der Waals surface area contributed by atoms with Gasteiger partial charge in [0.05, 0.1) is 0 Å². The van der Waals surface area contributed by atoms with Crippen LogP contribution in [-0.2, 0) is 0 Å². The van der Waals surface area contributed by atoms with E-state index >= 15 is 0 Å². The van der Waals surface area contributed by atoms with Gasteiger partial charge in [-0.2, -0.15) is 11.8 Å². The van der Waals surface area contributed by atoms with Crippen molar-refractivity contribution < 1.29 is 0 Å². The first-order valence-electron chi connectivity index (χ1n) is 7.13. The first-order chi connectivity index (χ1) is 8.17. The highest BCUT2D eigenvalue weighted by Crippen LogP contribution is 2.35. The Morgan fingerprint density at radius 1 is 1.18 bits per heavy atom. The summed E-state index contributed by atoms with van der Waals surface area (Å²) in [5.74, 6) is 0.780. The highest BCUT2D eigenvalue weighted by Gasteiger charge is 2.37. The quantitative estimate of drug-likeness (QED) is 0.835. The van der Waals surface area contributed by atoms with Crippen LogP contribution in [0.5, 0.6) is 0 Å². The SMILES string of the molecule is CNC1CCN(C2CCC(SC)C2)C(C)C1C. The zero-order valence-corrected chi connectivity index (χ0v) is 12.6. The van der Waals surface area contributed by atoms with E-state index in [1.807, 2.05) is 0 Å². The maximum atomic E-state index is 3.48. The molecular formula is C14H28N2S. The van der Waals surface area contributed by atoms with E-state index in [1.165, 1.54) is 32.2 Å². The van der Waals surface area contributed by atoms with E-state index in [2.05, 4.69) is 49.1 Å². The summed E-state index contributed by atoms with van der Waals surface area (Å²) in [6.07, 6.45) is 7.86. The molecule has 0 radical (unpaired) electrons. The summed E-state index contributed by atoms with van der Waals surface area (Å²) in [5.41, 5.74) is 0. The Kier molecular flexibility index (Phi) is 4.79. The second-order valence-electron chi connectivity index (χ2n) is 5.85. The highest BCUT2D eigenvalue weighted by molar-refractivity contribution is 7.99. The van der Waals surface area contributed by atoms with E-state index in [1.54, 1.807) is 0 Å². The molecule has 1 N–H and O–H groups in total. The van der Waals surface area contributed by atoms with Gasteiger partial charge in [0, 0.05) is 29.9 Å². The van der Waals surface area contributed by atoms with Crippen molar-refractivity contribution in [3.8, 4) is 0 Å². The summed E-state index contributed by atoms with van der Waals surface area (Å²) in [5, 5.41) is 4.41. The fourth-order valence-corrected chi connectivity index (χ4v) is 4.53. The average molecular weight is 256 g/mol. The molecule has 1 saturated carbocycles. The summed E-state index contributed by atoms with van der Waals surface area (Å²) >= 11 is 2.07. The molecular weight excluding hydrogens is 228 g/mol. The molecule has 1 saturated heterocycles. The Balaban J connectivity index is 1.94. The topological polar surface area (TPSA) is 15.3 Å². The lowest BCUT2D eigenvalue weighted by Crippen LogP contribution is -2.55. The molecule has 100 valence electrons. The molecule has 0 aromatic carbocycles. The molecule has 2 nitrogen and oxygen atoms in total. The predicted octanol–water partition coefficient (Wildman–Crippen LogP) is 2.59. The molecule has 17 heavy (non-hydrogen) atoms. The molecule has 0 amide bonds. The Morgan fingerprint density at radius 3 is 2.53 bits per heavy atom. The monoisotopic (exact) mass is 256 g/mol. The third-order valence-electron chi connectivity index (χ3n) is 5.15. The van der Waals surface area contributed by atoms with Crippen LogP contribution in [0.3, 0.4) is 0 Å². The molecule has 3 heteroatoms. The third-order valence-corrected chi connectivity index (χ3v) is 6.24. The van der Waals surface area contributed by atoms with Crippen molar-refractivity contribution in [2.75, 3.05) is 19.8 Å². The zero-order valence-electron chi connectivity index (χ0n) is 11.8. The molecule has 1 aliphatic carbocycles. The zero-order chi connectivity index (χ0) is 12.4. The Hall–Kier alpha value is 0.270. The van der Waals surface area contributed by atoms with Gasteiger partial charge in [0.25, 0.3) is 0 Å². The molecule has 1 aliphatic heterocycles. The molecule has 0 aromatic heterocycles. The molecule has 2 aliphatic rings. The average Bonchev–Trinajstić information content (AvgIpc) is 2.81. The van der Waals surface area contributed by atoms with Gasteiger partial charge in [0.15, 0.2) is 0 Å². The highest BCUT2D eigenvalue weighted by atomic mass is 32.2. The van der Waals surface area contributed by atoms with Gasteiger partial charge in [0.2, 0.25) is 0 Å². The summed E-state index contributed by atoms with van der Waals surface area (Å²) in [6, 6.07) is 2.33. The summed E-state index contributed by atoms with van der Waals surface area (Å²) < 4.78 is 0. The fourth-order valence-electron chi connectivity index (χ4n) is 3.75. The number of hydrogen-bond donors (Lipinski definition) is 1. The lowest BCUT2D eigenvalue weighted by molar-refractivity contribution is 0.0509. The van der Waals surface area contributed by atoms with Crippen LogP contribution in [0.15, 0.2) is 0 Å². The van der Waals surface area contributed by atoms with Gasteiger partial charge in [-0.3, -0.25) is 4.90 Å². The number of thioether (sulfide) groups is 1. The molecule has 1 heterocycles. The number of hydrogen-bond acceptors (Lipinski definition) is 3. The predicted molar refractivity (Wildman–Crippen MR) is 77.7 cm³/mol. The lowest BCUT2D eigenvalue weighted by atomic mass is 9.86. The molecule has 0 aromatic rings. The van der Waals surface area contributed by atoms with Crippen LogP contribution in [0.4, 0.5) is 0 Å². The molecule has 2 fully saturated rings. The lowest BCUT2D eigenvalue weighted by Gasteiger charge is -2.45. The van der Waals surface area contributed by atoms with E-state index in [4.69, 9.17) is 0 Å². The van der Waals surface area contributed by atoms with Crippen LogP contribution in [0.25, 0.3) is 0 Å². The second-order valence-corrected chi connectivity index (χ2v) is 6.98. The third kappa shape index (κ3) is 2.82. The van der Waals surface area contributed by atoms with Gasteiger partial charge < -0.3 is 5.32 Å². The van der Waals surface area contributed by atoms with Gasteiger partial charge in [-0.1, -0.05) is 6.92 Å². The van der Waals surface area contributed by atoms with Gasteiger partial charge >= 0.3 is 0 Å². The van der Waals surface area contributed by atoms with Crippen molar-refractivity contribution in [2.45, 2.75) is 62.9 Å². The van der Waals surface area contributed by atoms with Crippen LogP contribution < -0.4 is 5.32 Å². The van der Waals surface area contributed by atoms with E-state index in [0.717, 1.165) is 29.3 Å². The number of piperidine rings is 1. The van der Waals surface area contributed by atoms with Crippen LogP contribution in [0.2, 0.25) is 0 Å². The van der Waals surface area contributed by atoms with E-state index in [9.17, 15) is 0 Å². The standard InChI is InChI=1S/C14H28N2S/c1-10-11(2)16(8-7-14(10)15-3)12-5-6-13(9-12)17-4/h10-15H,5-9H2,1-4H3. The van der Waals surface area contributed by atoms with E-state index in [0.29, 0.717) is 0 Å². The summed E-state index contributed by atoms with van der Waals surface area (Å²) in [6.45, 7) is 6.14. The number of likely N-dealkylation sites (tertiary alicyclic amines) is 1. The number of nitrogens with one attached hydrogen (secondary N) is 1. The van der Waals surface area contributed by atoms with Crippen LogP contribution in [-0.4, -0.2) is 48.1 Å². The molecule has 5 unspecified atom stereocenters. The Bertz CT molecular complexity index is 244. The first-order valence-corrected chi connectivity index (χ1v) is 8.42. The van der Waals surface area contributed by atoms with Crippen molar-refractivity contribution in [1.29, 1.82) is 0 Å².